The van der Waals surface area contributed by atoms with Crippen LogP contribution in [0.5, 0.6) is 0 Å². The zero-order chi connectivity index (χ0) is 23.8. The molecule has 3 N–H and O–H groups in total. The highest BCUT2D eigenvalue weighted by Crippen LogP contribution is 2.12. The number of aliphatic hydroxyl groups excluding tert-OH is 1. The number of aliphatic hydroxyl groups is 1. The van der Waals surface area contributed by atoms with E-state index in [1.807, 2.05) is 30.3 Å². The first-order chi connectivity index (χ1) is 15.4. The number of carbonyl (C=O) groups is 3. The highest BCUT2D eigenvalue weighted by atomic mass is 16.5. The maximum Gasteiger partial charge on any atom is 0.305 e. The number of rotatable bonds is 16. The van der Waals surface area contributed by atoms with E-state index in [0.717, 1.165) is 12.0 Å². The Balaban J connectivity index is 2.78. The van der Waals surface area contributed by atoms with Gasteiger partial charge in [0.15, 0.2) is 0 Å². The SMILES string of the molecule is C=CCCCC(=O)OC[C@H](Cc1ccccc1)NC(=O)[C@H](CC=C)CC(=O)N[C@@H](C)CO. The molecule has 0 aliphatic carbocycles. The maximum atomic E-state index is 12.9. The predicted molar refractivity (Wildman–Crippen MR) is 125 cm³/mol. The topological polar surface area (TPSA) is 105 Å². The van der Waals surface area contributed by atoms with Crippen molar-refractivity contribution in [1.82, 2.24) is 10.6 Å². The summed E-state index contributed by atoms with van der Waals surface area (Å²) >= 11 is 0. The number of ether oxygens (including phenoxy) is 1. The average Bonchev–Trinajstić information content (AvgIpc) is 2.77. The van der Waals surface area contributed by atoms with Crippen molar-refractivity contribution in [2.45, 2.75) is 57.5 Å². The monoisotopic (exact) mass is 444 g/mol. The summed E-state index contributed by atoms with van der Waals surface area (Å²) in [6, 6.07) is 8.78. The molecular formula is C25H36N2O5. The molecular weight excluding hydrogens is 408 g/mol. The molecule has 7 heteroatoms. The molecule has 0 spiro atoms. The lowest BCUT2D eigenvalue weighted by Gasteiger charge is -2.23. The van der Waals surface area contributed by atoms with Gasteiger partial charge in [0.05, 0.1) is 18.6 Å². The molecule has 0 bridgehead atoms. The average molecular weight is 445 g/mol. The smallest absolute Gasteiger partial charge is 0.305 e. The van der Waals surface area contributed by atoms with Gasteiger partial charge in [0.1, 0.15) is 6.61 Å². The van der Waals surface area contributed by atoms with Crippen LogP contribution in [0.4, 0.5) is 0 Å². The van der Waals surface area contributed by atoms with Gasteiger partial charge in [-0.25, -0.2) is 0 Å². The molecule has 176 valence electrons. The molecule has 0 fully saturated rings. The van der Waals surface area contributed by atoms with Crippen molar-refractivity contribution in [3.05, 3.63) is 61.2 Å². The van der Waals surface area contributed by atoms with Crippen LogP contribution in [-0.2, 0) is 25.5 Å². The van der Waals surface area contributed by atoms with E-state index in [1.54, 1.807) is 19.1 Å². The van der Waals surface area contributed by atoms with Crippen LogP contribution < -0.4 is 10.6 Å². The van der Waals surface area contributed by atoms with Crippen molar-refractivity contribution in [3.63, 3.8) is 0 Å². The molecule has 32 heavy (non-hydrogen) atoms. The minimum absolute atomic E-state index is 0.0262. The van der Waals surface area contributed by atoms with Crippen molar-refractivity contribution < 1.29 is 24.2 Å². The third kappa shape index (κ3) is 11.5. The van der Waals surface area contributed by atoms with E-state index in [0.29, 0.717) is 25.7 Å². The van der Waals surface area contributed by atoms with Crippen molar-refractivity contribution in [3.8, 4) is 0 Å². The maximum absolute atomic E-state index is 12.9. The standard InChI is InChI=1S/C25H36N2O5/c1-4-6-8-14-24(30)32-18-22(15-20-12-9-7-10-13-20)27-25(31)21(11-5-2)16-23(29)26-19(3)17-28/h4-5,7,9-10,12-13,19,21-22,28H,1-2,6,8,11,14-18H2,3H3,(H,26,29)(H,27,31)/t19-,21+,22-/m0/s1. The van der Waals surface area contributed by atoms with E-state index in [9.17, 15) is 14.4 Å². The van der Waals surface area contributed by atoms with Gasteiger partial charge in [-0.1, -0.05) is 42.5 Å². The van der Waals surface area contributed by atoms with Crippen LogP contribution in [0.2, 0.25) is 0 Å². The number of hydrogen-bond donors (Lipinski definition) is 3. The highest BCUT2D eigenvalue weighted by Gasteiger charge is 2.24. The van der Waals surface area contributed by atoms with Crippen LogP contribution in [0.15, 0.2) is 55.6 Å². The van der Waals surface area contributed by atoms with E-state index in [4.69, 9.17) is 9.84 Å². The summed E-state index contributed by atoms with van der Waals surface area (Å²) in [4.78, 5) is 37.2. The first-order valence-electron chi connectivity index (χ1n) is 11.0. The number of nitrogens with one attached hydrogen (secondary N) is 2. The van der Waals surface area contributed by atoms with Gasteiger partial charge in [0.25, 0.3) is 0 Å². The third-order valence-corrected chi connectivity index (χ3v) is 4.84. The minimum Gasteiger partial charge on any atom is -0.463 e. The molecule has 0 aliphatic heterocycles. The second-order valence-corrected chi connectivity index (χ2v) is 7.84. The summed E-state index contributed by atoms with van der Waals surface area (Å²) in [6.45, 7) is 8.86. The molecule has 3 atom stereocenters. The van der Waals surface area contributed by atoms with Gasteiger partial charge >= 0.3 is 5.97 Å². The lowest BCUT2D eigenvalue weighted by atomic mass is 9.98. The molecule has 0 saturated heterocycles. The van der Waals surface area contributed by atoms with Crippen molar-refractivity contribution in [2.24, 2.45) is 5.92 Å². The molecule has 2 amide bonds. The molecule has 0 heterocycles. The molecule has 7 nitrogen and oxygen atoms in total. The minimum atomic E-state index is -0.611. The molecule has 0 radical (unpaired) electrons. The Morgan fingerprint density at radius 1 is 1.12 bits per heavy atom. The number of esters is 1. The Morgan fingerprint density at radius 3 is 2.47 bits per heavy atom. The van der Waals surface area contributed by atoms with Gasteiger partial charge in [-0.05, 0) is 38.2 Å². The van der Waals surface area contributed by atoms with Crippen LogP contribution in [0.25, 0.3) is 0 Å². The van der Waals surface area contributed by atoms with Crippen LogP contribution in [-0.4, -0.2) is 48.2 Å². The quantitative estimate of drug-likeness (QED) is 0.207. The molecule has 1 aromatic carbocycles. The summed E-state index contributed by atoms with van der Waals surface area (Å²) < 4.78 is 5.40. The normalized spacial score (nSPS) is 13.3. The number of allylic oxidation sites excluding steroid dienone is 2. The van der Waals surface area contributed by atoms with Gasteiger partial charge < -0.3 is 20.5 Å². The van der Waals surface area contributed by atoms with E-state index >= 15 is 0 Å². The lowest BCUT2D eigenvalue weighted by Crippen LogP contribution is -2.45. The second-order valence-electron chi connectivity index (χ2n) is 7.84. The van der Waals surface area contributed by atoms with Crippen molar-refractivity contribution in [2.75, 3.05) is 13.2 Å². The van der Waals surface area contributed by atoms with Crippen LogP contribution >= 0.6 is 0 Å². The van der Waals surface area contributed by atoms with Crippen molar-refractivity contribution in [1.29, 1.82) is 0 Å². The largest absolute Gasteiger partial charge is 0.463 e. The van der Waals surface area contributed by atoms with Crippen LogP contribution in [0.1, 0.15) is 44.6 Å². The first kappa shape index (κ1) is 27.1. The molecule has 0 unspecified atom stereocenters. The second kappa shape index (κ2) is 15.8. The Kier molecular flexibility index (Phi) is 13.4. The Bertz CT molecular complexity index is 735. The summed E-state index contributed by atoms with van der Waals surface area (Å²) in [5.41, 5.74) is 0.996. The van der Waals surface area contributed by atoms with E-state index in [2.05, 4.69) is 23.8 Å². The van der Waals surface area contributed by atoms with Gasteiger partial charge in [0.2, 0.25) is 11.8 Å². The first-order valence-corrected chi connectivity index (χ1v) is 11.0. The summed E-state index contributed by atoms with van der Waals surface area (Å²) in [5, 5.41) is 14.7. The van der Waals surface area contributed by atoms with Crippen molar-refractivity contribution >= 4 is 17.8 Å². The summed E-state index contributed by atoms with van der Waals surface area (Å²) in [6.07, 6.45) is 5.83. The molecule has 0 aliphatic rings. The fraction of sp³-hybridized carbons (Fsp3) is 0.480. The Hall–Kier alpha value is -2.93. The number of unbranched alkanes of at least 4 members (excludes halogenated alkanes) is 1. The van der Waals surface area contributed by atoms with Gasteiger partial charge in [-0.3, -0.25) is 14.4 Å². The Labute approximate surface area is 190 Å². The van der Waals surface area contributed by atoms with Gasteiger partial charge in [0, 0.05) is 18.9 Å². The number of amides is 2. The predicted octanol–water partition coefficient (Wildman–Crippen LogP) is 2.69. The third-order valence-electron chi connectivity index (χ3n) is 4.84. The number of hydrogen-bond acceptors (Lipinski definition) is 5. The van der Waals surface area contributed by atoms with E-state index in [-0.39, 0.29) is 43.5 Å². The van der Waals surface area contributed by atoms with Gasteiger partial charge in [-0.2, -0.15) is 0 Å². The van der Waals surface area contributed by atoms with E-state index < -0.39 is 12.0 Å². The lowest BCUT2D eigenvalue weighted by molar-refractivity contribution is -0.145. The van der Waals surface area contributed by atoms with Crippen LogP contribution in [0, 0.1) is 5.92 Å². The number of carbonyl (C=O) groups excluding carboxylic acids is 3. The summed E-state index contributed by atoms with van der Waals surface area (Å²) in [7, 11) is 0. The summed E-state index contributed by atoms with van der Waals surface area (Å²) in [5.74, 6) is -1.55. The molecule has 1 aromatic rings. The van der Waals surface area contributed by atoms with Gasteiger partial charge in [-0.15, -0.1) is 13.2 Å². The highest BCUT2D eigenvalue weighted by molar-refractivity contribution is 5.86. The fourth-order valence-electron chi connectivity index (χ4n) is 3.11. The molecule has 1 rings (SSSR count). The number of benzene rings is 1. The zero-order valence-corrected chi connectivity index (χ0v) is 18.9. The molecule has 0 aromatic heterocycles. The Morgan fingerprint density at radius 2 is 1.84 bits per heavy atom. The molecule has 0 saturated carbocycles. The fourth-order valence-corrected chi connectivity index (χ4v) is 3.11. The van der Waals surface area contributed by atoms with Crippen LogP contribution in [0.3, 0.4) is 0 Å². The van der Waals surface area contributed by atoms with E-state index in [1.165, 1.54) is 0 Å². The zero-order valence-electron chi connectivity index (χ0n) is 18.9.